The Hall–Kier alpha value is -1.69. The van der Waals surface area contributed by atoms with E-state index < -0.39 is 0 Å². The van der Waals surface area contributed by atoms with Crippen molar-refractivity contribution in [3.05, 3.63) is 28.8 Å². The molecule has 2 heterocycles. The molecule has 0 aliphatic rings. The van der Waals surface area contributed by atoms with Crippen LogP contribution in [0.1, 0.15) is 38.0 Å². The lowest BCUT2D eigenvalue weighted by Crippen LogP contribution is -2.19. The maximum absolute atomic E-state index is 6.17. The van der Waals surface area contributed by atoms with Crippen molar-refractivity contribution in [2.75, 3.05) is 11.9 Å². The van der Waals surface area contributed by atoms with Crippen molar-refractivity contribution in [3.8, 4) is 0 Å². The summed E-state index contributed by atoms with van der Waals surface area (Å²) >= 11 is 6.17. The van der Waals surface area contributed by atoms with Crippen molar-refractivity contribution < 1.29 is 4.52 Å². The van der Waals surface area contributed by atoms with Gasteiger partial charge in [-0.3, -0.25) is 0 Å². The largest absolute Gasteiger partial charge is 0.369 e. The van der Waals surface area contributed by atoms with Gasteiger partial charge in [-0.1, -0.05) is 37.5 Å². The lowest BCUT2D eigenvalue weighted by Gasteiger charge is -2.19. The van der Waals surface area contributed by atoms with Gasteiger partial charge in [-0.15, -0.1) is 0 Å². The molecule has 0 atom stereocenters. The molecule has 0 radical (unpaired) electrons. The SMILES string of the molecule is Cc1c(Cl)nc(C(C)(C)C)nc1NCCc1ncno1. The summed E-state index contributed by atoms with van der Waals surface area (Å²) in [4.78, 5) is 12.9. The summed E-state index contributed by atoms with van der Waals surface area (Å²) in [5.41, 5.74) is 0.686. The first kappa shape index (κ1) is 14.7. The fourth-order valence-corrected chi connectivity index (χ4v) is 1.76. The topological polar surface area (TPSA) is 76.7 Å². The third-order valence-corrected chi connectivity index (χ3v) is 3.16. The molecule has 0 unspecified atom stereocenters. The predicted molar refractivity (Wildman–Crippen MR) is 77.0 cm³/mol. The summed E-state index contributed by atoms with van der Waals surface area (Å²) in [6.45, 7) is 8.69. The minimum Gasteiger partial charge on any atom is -0.369 e. The third kappa shape index (κ3) is 3.45. The van der Waals surface area contributed by atoms with E-state index in [9.17, 15) is 0 Å². The number of aromatic nitrogens is 4. The Morgan fingerprint density at radius 3 is 2.65 bits per heavy atom. The molecular formula is C13H18ClN5O. The Balaban J connectivity index is 2.12. The third-order valence-electron chi connectivity index (χ3n) is 2.80. The molecule has 0 aliphatic carbocycles. The molecule has 0 aliphatic heterocycles. The first-order valence-electron chi connectivity index (χ1n) is 6.42. The molecule has 0 fully saturated rings. The number of nitrogens with zero attached hydrogens (tertiary/aromatic N) is 4. The van der Waals surface area contributed by atoms with Crippen LogP contribution >= 0.6 is 11.6 Å². The lowest BCUT2D eigenvalue weighted by molar-refractivity contribution is 0.379. The Morgan fingerprint density at radius 2 is 2.05 bits per heavy atom. The normalized spacial score (nSPS) is 11.7. The van der Waals surface area contributed by atoms with Gasteiger partial charge in [0.05, 0.1) is 0 Å². The van der Waals surface area contributed by atoms with Gasteiger partial charge in [0, 0.05) is 23.9 Å². The zero-order chi connectivity index (χ0) is 14.8. The minimum absolute atomic E-state index is 0.153. The number of rotatable bonds is 4. The summed E-state index contributed by atoms with van der Waals surface area (Å²) in [5, 5.41) is 7.28. The second kappa shape index (κ2) is 5.75. The van der Waals surface area contributed by atoms with Crippen molar-refractivity contribution in [1.29, 1.82) is 0 Å². The van der Waals surface area contributed by atoms with E-state index in [0.29, 0.717) is 29.8 Å². The van der Waals surface area contributed by atoms with E-state index in [1.807, 2.05) is 6.92 Å². The molecule has 0 amide bonds. The standard InChI is InChI=1S/C13H18ClN5O/c1-8-10(14)18-12(13(2,3)4)19-11(8)15-6-5-9-16-7-17-20-9/h7H,5-6H2,1-4H3,(H,15,18,19). The smallest absolute Gasteiger partial charge is 0.228 e. The van der Waals surface area contributed by atoms with E-state index in [4.69, 9.17) is 16.1 Å². The maximum Gasteiger partial charge on any atom is 0.228 e. The number of anilines is 1. The zero-order valence-corrected chi connectivity index (χ0v) is 12.8. The van der Waals surface area contributed by atoms with Crippen LogP contribution in [0.3, 0.4) is 0 Å². The monoisotopic (exact) mass is 295 g/mol. The van der Waals surface area contributed by atoms with E-state index >= 15 is 0 Å². The van der Waals surface area contributed by atoms with Crippen LogP contribution in [0.2, 0.25) is 5.15 Å². The quantitative estimate of drug-likeness (QED) is 0.874. The molecule has 0 aromatic carbocycles. The van der Waals surface area contributed by atoms with Crippen molar-refractivity contribution >= 4 is 17.4 Å². The van der Waals surface area contributed by atoms with Crippen molar-refractivity contribution in [2.24, 2.45) is 0 Å². The maximum atomic E-state index is 6.17. The van der Waals surface area contributed by atoms with Crippen LogP contribution in [-0.2, 0) is 11.8 Å². The summed E-state index contributed by atoms with van der Waals surface area (Å²) in [5.74, 6) is 2.05. The molecule has 6 nitrogen and oxygen atoms in total. The van der Waals surface area contributed by atoms with E-state index in [1.54, 1.807) is 0 Å². The van der Waals surface area contributed by atoms with Crippen LogP contribution in [0.5, 0.6) is 0 Å². The first-order valence-corrected chi connectivity index (χ1v) is 6.80. The van der Waals surface area contributed by atoms with E-state index in [2.05, 4.69) is 46.2 Å². The Kier molecular flexibility index (Phi) is 4.23. The molecule has 0 saturated carbocycles. The average Bonchev–Trinajstić information content (AvgIpc) is 2.86. The molecule has 0 bridgehead atoms. The molecule has 20 heavy (non-hydrogen) atoms. The van der Waals surface area contributed by atoms with Crippen molar-refractivity contribution in [1.82, 2.24) is 20.1 Å². The van der Waals surface area contributed by atoms with Crippen molar-refractivity contribution in [2.45, 2.75) is 39.5 Å². The van der Waals surface area contributed by atoms with E-state index in [1.165, 1.54) is 6.33 Å². The molecule has 7 heteroatoms. The lowest BCUT2D eigenvalue weighted by atomic mass is 9.95. The average molecular weight is 296 g/mol. The Bertz CT molecular complexity index is 577. The van der Waals surface area contributed by atoms with Gasteiger partial charge in [0.25, 0.3) is 0 Å². The molecule has 0 saturated heterocycles. The van der Waals surface area contributed by atoms with Gasteiger partial charge in [0.15, 0.2) is 6.33 Å². The number of hydrogen-bond acceptors (Lipinski definition) is 6. The first-order chi connectivity index (χ1) is 9.38. The highest BCUT2D eigenvalue weighted by Gasteiger charge is 2.20. The summed E-state index contributed by atoms with van der Waals surface area (Å²) < 4.78 is 4.94. The summed E-state index contributed by atoms with van der Waals surface area (Å²) in [6.07, 6.45) is 2.02. The number of hydrogen-bond donors (Lipinski definition) is 1. The second-order valence-electron chi connectivity index (χ2n) is 5.57. The van der Waals surface area contributed by atoms with Gasteiger partial charge in [0.2, 0.25) is 5.89 Å². The fraction of sp³-hybridized carbons (Fsp3) is 0.538. The molecule has 0 spiro atoms. The Morgan fingerprint density at radius 1 is 1.30 bits per heavy atom. The van der Waals surface area contributed by atoms with Crippen LogP contribution in [0.25, 0.3) is 0 Å². The molecule has 108 valence electrons. The highest BCUT2D eigenvalue weighted by molar-refractivity contribution is 6.30. The highest BCUT2D eigenvalue weighted by atomic mass is 35.5. The second-order valence-corrected chi connectivity index (χ2v) is 5.93. The van der Waals surface area contributed by atoms with Crippen molar-refractivity contribution in [3.63, 3.8) is 0 Å². The molecule has 1 N–H and O–H groups in total. The van der Waals surface area contributed by atoms with Gasteiger partial charge >= 0.3 is 0 Å². The van der Waals surface area contributed by atoms with Gasteiger partial charge in [-0.25, -0.2) is 9.97 Å². The molecule has 2 rings (SSSR count). The number of halogens is 1. The highest BCUT2D eigenvalue weighted by Crippen LogP contribution is 2.25. The predicted octanol–water partition coefficient (Wildman–Crippen LogP) is 2.77. The van der Waals surface area contributed by atoms with Gasteiger partial charge < -0.3 is 9.84 Å². The summed E-state index contributed by atoms with van der Waals surface area (Å²) in [6, 6.07) is 0. The molecule has 2 aromatic rings. The van der Waals surface area contributed by atoms with Gasteiger partial charge in [0.1, 0.15) is 16.8 Å². The van der Waals surface area contributed by atoms with Gasteiger partial charge in [-0.2, -0.15) is 4.98 Å². The van der Waals surface area contributed by atoms with Crippen LogP contribution < -0.4 is 5.32 Å². The minimum atomic E-state index is -0.153. The van der Waals surface area contributed by atoms with Crippen LogP contribution in [0.4, 0.5) is 5.82 Å². The fourth-order valence-electron chi connectivity index (χ4n) is 1.59. The van der Waals surface area contributed by atoms with Crippen LogP contribution in [0, 0.1) is 6.92 Å². The van der Waals surface area contributed by atoms with E-state index in [-0.39, 0.29) is 5.41 Å². The van der Waals surface area contributed by atoms with E-state index in [0.717, 1.165) is 11.4 Å². The summed E-state index contributed by atoms with van der Waals surface area (Å²) in [7, 11) is 0. The number of nitrogens with one attached hydrogen (secondary N) is 1. The van der Waals surface area contributed by atoms with Crippen LogP contribution in [0.15, 0.2) is 10.9 Å². The molecule has 2 aromatic heterocycles. The van der Waals surface area contributed by atoms with Gasteiger partial charge in [-0.05, 0) is 6.92 Å². The van der Waals surface area contributed by atoms with Crippen LogP contribution in [-0.4, -0.2) is 26.7 Å². The molecular weight excluding hydrogens is 278 g/mol. The Labute approximate surface area is 123 Å². The zero-order valence-electron chi connectivity index (χ0n) is 12.1.